The van der Waals surface area contributed by atoms with E-state index in [2.05, 4.69) is 39.1 Å². The second kappa shape index (κ2) is 11.6. The van der Waals surface area contributed by atoms with Crippen molar-refractivity contribution in [3.63, 3.8) is 0 Å². The summed E-state index contributed by atoms with van der Waals surface area (Å²) in [7, 11) is 0. The monoisotopic (exact) mass is 469 g/mol. The Balaban J connectivity index is 1.21. The zero-order valence-electron chi connectivity index (χ0n) is 18.7. The molecule has 33 heavy (non-hydrogen) atoms. The molecule has 2 atom stereocenters. The van der Waals surface area contributed by atoms with Crippen molar-refractivity contribution in [3.8, 4) is 5.75 Å². The van der Waals surface area contributed by atoms with Crippen molar-refractivity contribution in [3.05, 3.63) is 63.3 Å². The van der Waals surface area contributed by atoms with Gasteiger partial charge in [0.25, 0.3) is 0 Å². The summed E-state index contributed by atoms with van der Waals surface area (Å²) in [5, 5.41) is 20.5. The Kier molecular flexibility index (Phi) is 8.28. The molecular weight excluding hydrogens is 438 g/mol. The van der Waals surface area contributed by atoms with Gasteiger partial charge in [-0.3, -0.25) is 9.79 Å². The first-order valence-electron chi connectivity index (χ1n) is 11.5. The highest BCUT2D eigenvalue weighted by atomic mass is 32.1. The number of aromatic amines is 1. The summed E-state index contributed by atoms with van der Waals surface area (Å²) >= 11 is 0.981. The van der Waals surface area contributed by atoms with E-state index >= 15 is 0 Å². The van der Waals surface area contributed by atoms with Crippen molar-refractivity contribution in [2.75, 3.05) is 39.4 Å². The van der Waals surface area contributed by atoms with Crippen molar-refractivity contribution in [2.24, 2.45) is 10.9 Å². The van der Waals surface area contributed by atoms with E-state index in [1.165, 1.54) is 11.6 Å². The summed E-state index contributed by atoms with van der Waals surface area (Å²) in [6.45, 7) is 5.13. The SMILES string of the molecule is O=c1[nH]c2c(O)ccc(C(O)C=NC[C@H]3CCCN(CCOCCc4ccccc4)C3)c2s1. The number of aliphatic hydroxyl groups excluding tert-OH is 1. The summed E-state index contributed by atoms with van der Waals surface area (Å²) in [6.07, 6.45) is 3.83. The Morgan fingerprint density at radius 3 is 2.94 bits per heavy atom. The van der Waals surface area contributed by atoms with E-state index < -0.39 is 6.10 Å². The van der Waals surface area contributed by atoms with Crippen LogP contribution < -0.4 is 4.87 Å². The van der Waals surface area contributed by atoms with Crippen LogP contribution in [0.15, 0.2) is 52.3 Å². The number of phenolic OH excluding ortho intramolecular Hbond substituents is 1. The molecule has 3 N–H and O–H groups in total. The van der Waals surface area contributed by atoms with Crippen LogP contribution in [0.3, 0.4) is 0 Å². The third-order valence-corrected chi connectivity index (χ3v) is 6.98. The Morgan fingerprint density at radius 1 is 1.24 bits per heavy atom. The number of nitrogens with zero attached hydrogens (tertiary/aromatic N) is 2. The number of likely N-dealkylation sites (tertiary alicyclic amines) is 1. The Bertz CT molecular complexity index is 1110. The van der Waals surface area contributed by atoms with Crippen LogP contribution in [-0.4, -0.2) is 65.7 Å². The Hall–Kier alpha value is -2.52. The molecule has 0 amide bonds. The zero-order chi connectivity index (χ0) is 23.0. The van der Waals surface area contributed by atoms with E-state index in [1.54, 1.807) is 12.3 Å². The van der Waals surface area contributed by atoms with Crippen molar-refractivity contribution < 1.29 is 14.9 Å². The van der Waals surface area contributed by atoms with E-state index in [0.29, 0.717) is 28.2 Å². The van der Waals surface area contributed by atoms with Gasteiger partial charge in [0.2, 0.25) is 0 Å². The smallest absolute Gasteiger partial charge is 0.305 e. The van der Waals surface area contributed by atoms with Crippen LogP contribution in [0.4, 0.5) is 0 Å². The molecule has 3 aromatic rings. The van der Waals surface area contributed by atoms with E-state index in [9.17, 15) is 15.0 Å². The number of rotatable bonds is 10. The van der Waals surface area contributed by atoms with Gasteiger partial charge >= 0.3 is 4.87 Å². The summed E-state index contributed by atoms with van der Waals surface area (Å²) in [6, 6.07) is 13.5. The van der Waals surface area contributed by atoms with Crippen LogP contribution >= 0.6 is 11.3 Å². The third kappa shape index (κ3) is 6.51. The fourth-order valence-electron chi connectivity index (χ4n) is 4.30. The number of nitrogens with one attached hydrogen (secondary N) is 1. The predicted octanol–water partition coefficient (Wildman–Crippen LogP) is 3.37. The van der Waals surface area contributed by atoms with Gasteiger partial charge in [-0.15, -0.1) is 0 Å². The van der Waals surface area contributed by atoms with E-state index in [0.717, 1.165) is 63.4 Å². The van der Waals surface area contributed by atoms with Crippen LogP contribution in [0, 0.1) is 5.92 Å². The lowest BCUT2D eigenvalue weighted by Crippen LogP contribution is -2.38. The maximum Gasteiger partial charge on any atom is 0.305 e. The third-order valence-electron chi connectivity index (χ3n) is 6.05. The minimum atomic E-state index is -0.919. The fraction of sp³-hybridized carbons (Fsp3) is 0.440. The molecule has 1 aromatic heterocycles. The lowest BCUT2D eigenvalue weighted by Gasteiger charge is -2.31. The van der Waals surface area contributed by atoms with Gasteiger partial charge in [-0.05, 0) is 43.4 Å². The number of aliphatic hydroxyl groups is 1. The zero-order valence-corrected chi connectivity index (χ0v) is 19.5. The maximum absolute atomic E-state index is 11.7. The Labute approximate surface area is 197 Å². The second-order valence-corrected chi connectivity index (χ2v) is 9.49. The molecule has 0 saturated carbocycles. The van der Waals surface area contributed by atoms with E-state index in [4.69, 9.17) is 4.74 Å². The van der Waals surface area contributed by atoms with Gasteiger partial charge in [-0.1, -0.05) is 47.7 Å². The number of hydrogen-bond donors (Lipinski definition) is 3. The number of aromatic hydroxyl groups is 1. The fourth-order valence-corrected chi connectivity index (χ4v) is 5.20. The average molecular weight is 470 g/mol. The number of phenols is 1. The lowest BCUT2D eigenvalue weighted by molar-refractivity contribution is 0.0876. The number of aromatic nitrogens is 1. The molecule has 0 bridgehead atoms. The summed E-state index contributed by atoms with van der Waals surface area (Å²) in [5.41, 5.74) is 2.24. The van der Waals surface area contributed by atoms with Crippen LogP contribution in [0.5, 0.6) is 5.75 Å². The first-order valence-corrected chi connectivity index (χ1v) is 12.3. The molecule has 1 unspecified atom stereocenters. The van der Waals surface area contributed by atoms with Gasteiger partial charge in [0.1, 0.15) is 17.4 Å². The number of piperidine rings is 1. The van der Waals surface area contributed by atoms with E-state index in [-0.39, 0.29) is 10.6 Å². The van der Waals surface area contributed by atoms with Gasteiger partial charge in [0.05, 0.1) is 17.9 Å². The largest absolute Gasteiger partial charge is 0.506 e. The molecule has 1 fully saturated rings. The molecule has 8 heteroatoms. The van der Waals surface area contributed by atoms with Crippen molar-refractivity contribution in [1.29, 1.82) is 0 Å². The minimum Gasteiger partial charge on any atom is -0.506 e. The number of benzene rings is 2. The number of thiazole rings is 1. The topological polar surface area (TPSA) is 98.2 Å². The molecule has 1 aliphatic heterocycles. The molecule has 7 nitrogen and oxygen atoms in total. The molecule has 1 aliphatic rings. The maximum atomic E-state index is 11.7. The predicted molar refractivity (Wildman–Crippen MR) is 133 cm³/mol. The Morgan fingerprint density at radius 2 is 2.09 bits per heavy atom. The summed E-state index contributed by atoms with van der Waals surface area (Å²) in [5.74, 6) is 0.456. The minimum absolute atomic E-state index is 0.00239. The number of ether oxygens (including phenoxy) is 1. The van der Waals surface area contributed by atoms with Gasteiger partial charge in [0.15, 0.2) is 0 Å². The highest BCUT2D eigenvalue weighted by molar-refractivity contribution is 7.16. The average Bonchev–Trinajstić information content (AvgIpc) is 3.22. The number of H-pyrrole nitrogens is 1. The van der Waals surface area contributed by atoms with Crippen LogP contribution in [0.2, 0.25) is 0 Å². The van der Waals surface area contributed by atoms with Gasteiger partial charge in [-0.2, -0.15) is 0 Å². The number of fused-ring (bicyclic) bond motifs is 1. The standard InChI is InChI=1S/C25H31N3O4S/c29-21-9-8-20(24-23(21)27-25(31)33-24)22(30)16-26-15-19-7-4-11-28(17-19)12-14-32-13-10-18-5-2-1-3-6-18/h1-3,5-6,8-9,16,19,22,29-30H,4,7,10-15,17H2,(H,27,31)/t19-,22?/m1/s1. The highest BCUT2D eigenvalue weighted by Gasteiger charge is 2.20. The molecule has 176 valence electrons. The van der Waals surface area contributed by atoms with Crippen LogP contribution in [0.1, 0.15) is 30.1 Å². The van der Waals surface area contributed by atoms with E-state index in [1.807, 2.05) is 6.07 Å². The highest BCUT2D eigenvalue weighted by Crippen LogP contribution is 2.30. The van der Waals surface area contributed by atoms with Crippen LogP contribution in [0.25, 0.3) is 10.2 Å². The van der Waals surface area contributed by atoms with Gasteiger partial charge < -0.3 is 24.8 Å². The van der Waals surface area contributed by atoms with Gasteiger partial charge in [-0.25, -0.2) is 0 Å². The molecule has 0 radical (unpaired) electrons. The summed E-state index contributed by atoms with van der Waals surface area (Å²) < 4.78 is 6.40. The quantitative estimate of drug-likeness (QED) is 0.312. The van der Waals surface area contributed by atoms with Crippen molar-refractivity contribution >= 4 is 27.8 Å². The molecule has 0 spiro atoms. The number of hydrogen-bond acceptors (Lipinski definition) is 7. The van der Waals surface area contributed by atoms with Crippen molar-refractivity contribution in [2.45, 2.75) is 25.4 Å². The first-order chi connectivity index (χ1) is 16.1. The second-order valence-electron chi connectivity index (χ2n) is 8.51. The van der Waals surface area contributed by atoms with Gasteiger partial charge in [0, 0.05) is 31.4 Å². The molecular formula is C25H31N3O4S. The first kappa shape index (κ1) is 23.6. The van der Waals surface area contributed by atoms with Crippen LogP contribution in [-0.2, 0) is 11.2 Å². The molecule has 2 heterocycles. The summed E-state index contributed by atoms with van der Waals surface area (Å²) in [4.78, 5) is 21.0. The normalized spacial score (nSPS) is 18.3. The molecule has 1 saturated heterocycles. The molecule has 4 rings (SSSR count). The van der Waals surface area contributed by atoms with Crippen molar-refractivity contribution in [1.82, 2.24) is 9.88 Å². The molecule has 0 aliphatic carbocycles. The number of aliphatic imine (C=N–C) groups is 1. The molecule has 2 aromatic carbocycles. The lowest BCUT2D eigenvalue weighted by atomic mass is 9.98.